The van der Waals surface area contributed by atoms with E-state index in [0.717, 1.165) is 11.3 Å². The quantitative estimate of drug-likeness (QED) is 0.258. The van der Waals surface area contributed by atoms with Crippen LogP contribution in [0.3, 0.4) is 0 Å². The molecule has 3 aliphatic rings. The van der Waals surface area contributed by atoms with E-state index in [9.17, 15) is 43.5 Å². The van der Waals surface area contributed by atoms with Crippen LogP contribution in [0.15, 0.2) is 60.7 Å². The number of fused-ring (bicyclic) bond motifs is 1. The topological polar surface area (TPSA) is 278 Å². The number of nitrogens with one attached hydrogen (secondary N) is 2. The van der Waals surface area contributed by atoms with E-state index < -0.39 is 162 Å². The fourth-order valence-electron chi connectivity index (χ4n) is 13.2. The first-order chi connectivity index (χ1) is 44.7. The van der Waals surface area contributed by atoms with E-state index in [4.69, 9.17) is 0 Å². The molecule has 11 amide bonds. The van der Waals surface area contributed by atoms with E-state index >= 15 is 19.2 Å². The Hall–Kier alpha value is -7.76. The summed E-state index contributed by atoms with van der Waals surface area (Å²) >= 11 is 0. The number of Topliss-reactive ketones (excluding diaryl/α,β-unsaturated/α-hetero) is 1. The summed E-state index contributed by atoms with van der Waals surface area (Å²) in [4.78, 5) is 190. The molecule has 2 aromatic carbocycles. The molecule has 11 atom stereocenters. The van der Waals surface area contributed by atoms with Crippen LogP contribution in [0.2, 0.25) is 0 Å². The molecule has 95 heavy (non-hydrogen) atoms. The second-order valence-corrected chi connectivity index (χ2v) is 27.7. The van der Waals surface area contributed by atoms with Crippen molar-refractivity contribution in [3.05, 3.63) is 71.8 Å². The number of amides is 11. The Bertz CT molecular complexity index is 2990. The molecule has 0 spiro atoms. The average molecular weight is 1320 g/mol. The average Bonchev–Trinajstić information content (AvgIpc) is 1.79. The van der Waals surface area contributed by atoms with Crippen LogP contribution in [0.5, 0.6) is 0 Å². The summed E-state index contributed by atoms with van der Waals surface area (Å²) in [5, 5.41) is 16.9. The standard InChI is InChI=1S/C71H109N11O13/c1-17-33-81-43-61(86)75(12)57(39-50-28-21-18-22-29-50)69(93)78(15)58(40-51-30-23-19-24-31-51)70(94)77(14)56(38-45(4)5)71(95)82-36-27-32-54(82)68(92)76(13)55(37-44(2)3)63(87)72-47(8)65(89)79(16)62(46(6)7)64(88)73-53(67(91)80-34-25-20-26-35-80)42-60(85)74(11)48(9)59(84)41-52(49(10)83)66(81)90/h18-19,21-24,28-31,44-49,52-58,62,83H,17,20,25-27,32-43H2,1-16H3,(H,72,87)(H,73,88)/t47-,48-,49+,52-,53-,54-,55-,56-,57-,58-,62-/m0/s1. The van der Waals surface area contributed by atoms with Crippen LogP contribution in [0.1, 0.15) is 145 Å². The third-order valence-corrected chi connectivity index (χ3v) is 19.2. The fraction of sp³-hybridized carbons (Fsp3) is 0.662. The van der Waals surface area contributed by atoms with Gasteiger partial charge >= 0.3 is 0 Å². The van der Waals surface area contributed by atoms with Gasteiger partial charge in [0, 0.05) is 87.7 Å². The number of benzene rings is 2. The van der Waals surface area contributed by atoms with Crippen LogP contribution in [0.4, 0.5) is 0 Å². The highest BCUT2D eigenvalue weighted by Gasteiger charge is 2.46. The van der Waals surface area contributed by atoms with Crippen LogP contribution in [0, 0.1) is 23.7 Å². The van der Waals surface area contributed by atoms with Crippen LogP contribution >= 0.6 is 0 Å². The lowest BCUT2D eigenvalue weighted by atomic mass is 9.92. The summed E-state index contributed by atoms with van der Waals surface area (Å²) in [7, 11) is 8.66. The summed E-state index contributed by atoms with van der Waals surface area (Å²) in [5.41, 5.74) is 1.36. The van der Waals surface area contributed by atoms with E-state index in [2.05, 4.69) is 10.6 Å². The first-order valence-corrected chi connectivity index (χ1v) is 34.1. The number of nitrogens with zero attached hydrogens (tertiary/aromatic N) is 9. The number of hydrogen-bond donors (Lipinski definition) is 3. The van der Waals surface area contributed by atoms with Gasteiger partial charge in [0.25, 0.3) is 0 Å². The molecular formula is C71H109N11O13. The van der Waals surface area contributed by atoms with Gasteiger partial charge in [-0.25, -0.2) is 0 Å². The number of rotatable bonds is 13. The van der Waals surface area contributed by atoms with Gasteiger partial charge in [0.2, 0.25) is 65.0 Å². The van der Waals surface area contributed by atoms with Gasteiger partial charge < -0.3 is 59.8 Å². The van der Waals surface area contributed by atoms with Gasteiger partial charge in [0.05, 0.1) is 31.0 Å². The number of carbonyl (C=O) groups is 12. The molecule has 0 saturated carbocycles. The molecule has 5 rings (SSSR count). The van der Waals surface area contributed by atoms with Gasteiger partial charge in [0.1, 0.15) is 48.3 Å². The van der Waals surface area contributed by atoms with Crippen LogP contribution in [0.25, 0.3) is 0 Å². The molecule has 3 saturated heterocycles. The molecule has 24 nitrogen and oxygen atoms in total. The van der Waals surface area contributed by atoms with Crippen molar-refractivity contribution in [3.63, 3.8) is 0 Å². The minimum absolute atomic E-state index is 0.00659. The lowest BCUT2D eigenvalue weighted by molar-refractivity contribution is -0.155. The molecule has 526 valence electrons. The highest BCUT2D eigenvalue weighted by molar-refractivity contribution is 6.00. The molecule has 0 bridgehead atoms. The summed E-state index contributed by atoms with van der Waals surface area (Å²) < 4.78 is 0. The van der Waals surface area contributed by atoms with E-state index in [0.29, 0.717) is 49.9 Å². The zero-order valence-electron chi connectivity index (χ0n) is 59.2. The Morgan fingerprint density at radius 1 is 0.537 bits per heavy atom. The zero-order valence-corrected chi connectivity index (χ0v) is 59.2. The largest absolute Gasteiger partial charge is 0.393 e. The van der Waals surface area contributed by atoms with E-state index in [1.807, 2.05) is 45.9 Å². The number of likely N-dealkylation sites (N-methyl/N-ethyl adjacent to an activating group) is 6. The molecule has 0 aliphatic carbocycles. The fourth-order valence-corrected chi connectivity index (χ4v) is 13.2. The van der Waals surface area contributed by atoms with Crippen molar-refractivity contribution in [2.24, 2.45) is 23.7 Å². The van der Waals surface area contributed by atoms with E-state index in [-0.39, 0.29) is 57.0 Å². The van der Waals surface area contributed by atoms with Gasteiger partial charge in [-0.15, -0.1) is 0 Å². The van der Waals surface area contributed by atoms with Gasteiger partial charge in [-0.3, -0.25) is 57.5 Å². The van der Waals surface area contributed by atoms with Gasteiger partial charge in [-0.05, 0) is 101 Å². The smallest absolute Gasteiger partial charge is 0.246 e. The van der Waals surface area contributed by atoms with Crippen molar-refractivity contribution in [1.82, 2.24) is 54.7 Å². The maximum absolute atomic E-state index is 15.6. The first-order valence-electron chi connectivity index (χ1n) is 34.1. The van der Waals surface area contributed by atoms with E-state index in [1.165, 1.54) is 97.4 Å². The van der Waals surface area contributed by atoms with Crippen molar-refractivity contribution in [3.8, 4) is 0 Å². The molecule has 0 radical (unpaired) electrons. The van der Waals surface area contributed by atoms with Crippen molar-refractivity contribution in [1.29, 1.82) is 0 Å². The third-order valence-electron chi connectivity index (χ3n) is 19.2. The van der Waals surface area contributed by atoms with Crippen molar-refractivity contribution in [2.45, 2.75) is 207 Å². The monoisotopic (exact) mass is 1320 g/mol. The van der Waals surface area contributed by atoms with Crippen LogP contribution in [-0.2, 0) is 70.4 Å². The molecule has 0 aromatic heterocycles. The Morgan fingerprint density at radius 3 is 1.57 bits per heavy atom. The summed E-state index contributed by atoms with van der Waals surface area (Å²) in [5.74, 6) is -9.92. The normalized spacial score (nSPS) is 26.4. The van der Waals surface area contributed by atoms with Crippen molar-refractivity contribution in [2.75, 3.05) is 75.0 Å². The Balaban J connectivity index is 1.65. The second-order valence-electron chi connectivity index (χ2n) is 27.7. The molecule has 24 heteroatoms. The Kier molecular flexibility index (Phi) is 29.4. The molecule has 3 heterocycles. The molecule has 2 aromatic rings. The number of likely N-dealkylation sites (tertiary alicyclic amines) is 1. The lowest BCUT2D eigenvalue weighted by Gasteiger charge is -2.40. The summed E-state index contributed by atoms with van der Waals surface area (Å²) in [6.45, 7) is 17.3. The van der Waals surface area contributed by atoms with Crippen LogP contribution in [-0.4, -0.2) is 255 Å². The Labute approximate surface area is 563 Å². The number of hydrogen-bond acceptors (Lipinski definition) is 13. The van der Waals surface area contributed by atoms with Crippen LogP contribution < -0.4 is 10.6 Å². The minimum Gasteiger partial charge on any atom is -0.393 e. The zero-order chi connectivity index (χ0) is 70.9. The number of carbonyl (C=O) groups excluding carboxylic acids is 12. The second kappa shape index (κ2) is 35.8. The summed E-state index contributed by atoms with van der Waals surface area (Å²) in [6, 6.07) is 7.00. The highest BCUT2D eigenvalue weighted by Crippen LogP contribution is 2.28. The number of aliphatic hydroxyl groups excluding tert-OH is 1. The van der Waals surface area contributed by atoms with Crippen molar-refractivity contribution < 1.29 is 62.6 Å². The number of aliphatic hydroxyl groups is 1. The lowest BCUT2D eigenvalue weighted by Crippen LogP contribution is -2.61. The first kappa shape index (κ1) is 77.9. The minimum atomic E-state index is -1.45. The van der Waals surface area contributed by atoms with Crippen molar-refractivity contribution >= 4 is 70.8 Å². The molecule has 3 N–H and O–H groups in total. The molecular weight excluding hydrogens is 1210 g/mol. The predicted molar refractivity (Wildman–Crippen MR) is 360 cm³/mol. The SMILES string of the molecule is CCCN1CC(=O)N(C)[C@@H](Cc2ccccc2)C(=O)N(C)[C@@H](Cc2ccccc2)C(=O)N(C)[C@@H](CC(C)C)C(=O)N2CCC[C@H]2C(=O)N(C)[C@@H](CC(C)C)C(=O)N[C@@H](C)C(=O)N(C)[C@@H](C(C)C)C(=O)N[C@H](C(=O)N2CCCCC2)CC(=O)N(C)[C@@H](C)C(=O)C[C@@H]([C@@H](C)O)C1=O. The maximum atomic E-state index is 15.6. The van der Waals surface area contributed by atoms with E-state index in [1.54, 1.807) is 68.1 Å². The Morgan fingerprint density at radius 2 is 1.05 bits per heavy atom. The molecule has 3 aliphatic heterocycles. The molecule has 3 fully saturated rings. The van der Waals surface area contributed by atoms with Gasteiger partial charge in [0.15, 0.2) is 5.78 Å². The van der Waals surface area contributed by atoms with Gasteiger partial charge in [-0.2, -0.15) is 0 Å². The maximum Gasteiger partial charge on any atom is 0.246 e. The predicted octanol–water partition coefficient (Wildman–Crippen LogP) is 3.79. The van der Waals surface area contributed by atoms with Gasteiger partial charge in [-0.1, -0.05) is 109 Å². The number of ketones is 1. The summed E-state index contributed by atoms with van der Waals surface area (Å²) in [6.07, 6.45) is 0.979. The third kappa shape index (κ3) is 20.4. The highest BCUT2D eigenvalue weighted by atomic mass is 16.3. The number of piperidine rings is 1. The molecule has 0 unspecified atom stereocenters.